The van der Waals surface area contributed by atoms with Gasteiger partial charge in [-0.1, -0.05) is 0 Å². The number of benzene rings is 1. The van der Waals surface area contributed by atoms with Crippen LogP contribution in [0.1, 0.15) is 0 Å². The normalized spacial score (nSPS) is 10.6. The summed E-state index contributed by atoms with van der Waals surface area (Å²) in [6, 6.07) is 3.48. The van der Waals surface area contributed by atoms with Crippen LogP contribution in [0.3, 0.4) is 0 Å². The predicted molar refractivity (Wildman–Crippen MR) is 64.9 cm³/mol. The first-order valence-corrected chi connectivity index (χ1v) is 5.21. The van der Waals surface area contributed by atoms with Gasteiger partial charge >= 0.3 is 0 Å². The van der Waals surface area contributed by atoms with Gasteiger partial charge in [0.05, 0.1) is 4.92 Å². The fourth-order valence-corrected chi connectivity index (χ4v) is 1.43. The van der Waals surface area contributed by atoms with E-state index in [-0.39, 0.29) is 5.69 Å². The number of anilines is 1. The van der Waals surface area contributed by atoms with Crippen molar-refractivity contribution in [2.24, 2.45) is 0 Å². The van der Waals surface area contributed by atoms with Gasteiger partial charge in [-0.2, -0.15) is 0 Å². The molecule has 0 atom stereocenters. The zero-order valence-corrected chi connectivity index (χ0v) is 10.2. The van der Waals surface area contributed by atoms with E-state index in [9.17, 15) is 14.5 Å². The molecule has 0 fully saturated rings. The van der Waals surface area contributed by atoms with Crippen molar-refractivity contribution >= 4 is 11.4 Å². The Bertz CT molecular complexity index is 410. The van der Waals surface area contributed by atoms with Gasteiger partial charge in [-0.3, -0.25) is 10.1 Å². The van der Waals surface area contributed by atoms with Gasteiger partial charge in [-0.15, -0.1) is 0 Å². The molecule has 0 aliphatic carbocycles. The maximum Gasteiger partial charge on any atom is 0.292 e. The number of rotatable bonds is 5. The molecule has 0 bridgehead atoms. The second kappa shape index (κ2) is 5.58. The second-order valence-corrected chi connectivity index (χ2v) is 4.11. The number of hydrogen-bond acceptors (Lipinski definition) is 4. The molecule has 0 aromatic heterocycles. The van der Waals surface area contributed by atoms with E-state index < -0.39 is 10.7 Å². The highest BCUT2D eigenvalue weighted by atomic mass is 19.1. The summed E-state index contributed by atoms with van der Waals surface area (Å²) >= 11 is 0. The number of nitro groups is 1. The molecule has 0 N–H and O–H groups in total. The summed E-state index contributed by atoms with van der Waals surface area (Å²) in [5.41, 5.74) is 0.226. The van der Waals surface area contributed by atoms with Crippen LogP contribution in [0.15, 0.2) is 18.2 Å². The fourth-order valence-electron chi connectivity index (χ4n) is 1.43. The van der Waals surface area contributed by atoms with Crippen molar-refractivity contribution in [3.63, 3.8) is 0 Å². The van der Waals surface area contributed by atoms with Crippen LogP contribution < -0.4 is 4.90 Å². The molecule has 17 heavy (non-hydrogen) atoms. The zero-order chi connectivity index (χ0) is 13.0. The van der Waals surface area contributed by atoms with Crippen molar-refractivity contribution in [1.29, 1.82) is 0 Å². The van der Waals surface area contributed by atoms with E-state index in [1.807, 2.05) is 19.0 Å². The molecule has 0 spiro atoms. The van der Waals surface area contributed by atoms with Gasteiger partial charge in [0.15, 0.2) is 0 Å². The smallest absolute Gasteiger partial charge is 0.292 e. The maximum absolute atomic E-state index is 13.1. The molecule has 0 amide bonds. The summed E-state index contributed by atoms with van der Waals surface area (Å²) in [7, 11) is 5.53. The highest BCUT2D eigenvalue weighted by Crippen LogP contribution is 2.27. The average molecular weight is 241 g/mol. The Labute approximate surface area is 99.6 Å². The van der Waals surface area contributed by atoms with Crippen molar-refractivity contribution in [3.05, 3.63) is 34.1 Å². The van der Waals surface area contributed by atoms with Crippen LogP contribution in [-0.2, 0) is 0 Å². The van der Waals surface area contributed by atoms with E-state index in [2.05, 4.69) is 0 Å². The Morgan fingerprint density at radius 1 is 1.29 bits per heavy atom. The lowest BCUT2D eigenvalue weighted by Crippen LogP contribution is -2.28. The molecular formula is C11H16FN3O2. The molecule has 0 aliphatic rings. The van der Waals surface area contributed by atoms with Gasteiger partial charge in [-0.05, 0) is 20.2 Å². The van der Waals surface area contributed by atoms with Gasteiger partial charge in [0.1, 0.15) is 11.5 Å². The van der Waals surface area contributed by atoms with Gasteiger partial charge in [0.25, 0.3) is 5.69 Å². The number of nitro benzene ring substituents is 1. The van der Waals surface area contributed by atoms with Crippen molar-refractivity contribution in [2.45, 2.75) is 0 Å². The highest BCUT2D eigenvalue weighted by molar-refractivity contribution is 5.62. The molecule has 0 unspecified atom stereocenters. The molecule has 6 heteroatoms. The third-order valence-corrected chi connectivity index (χ3v) is 2.43. The third-order valence-electron chi connectivity index (χ3n) is 2.43. The molecule has 0 radical (unpaired) electrons. The molecule has 0 heterocycles. The molecule has 0 saturated heterocycles. The van der Waals surface area contributed by atoms with Crippen LogP contribution in [0.2, 0.25) is 0 Å². The van der Waals surface area contributed by atoms with Crippen LogP contribution in [0, 0.1) is 15.9 Å². The molecule has 5 nitrogen and oxygen atoms in total. The quantitative estimate of drug-likeness (QED) is 0.582. The van der Waals surface area contributed by atoms with Crippen molar-refractivity contribution in [3.8, 4) is 0 Å². The number of nitrogens with zero attached hydrogens (tertiary/aromatic N) is 3. The standard InChI is InChI=1S/C11H16FN3O2/c1-13(2)6-7-14(3)11-8-9(12)4-5-10(11)15(16)17/h4-5,8H,6-7H2,1-3H3. The molecule has 0 aliphatic heterocycles. The van der Waals surface area contributed by atoms with Crippen LogP contribution in [0.4, 0.5) is 15.8 Å². The Morgan fingerprint density at radius 3 is 2.47 bits per heavy atom. The van der Waals surface area contributed by atoms with E-state index in [0.29, 0.717) is 12.2 Å². The molecule has 1 aromatic carbocycles. The summed E-state index contributed by atoms with van der Waals surface area (Å²) in [5.74, 6) is -0.470. The van der Waals surface area contributed by atoms with Gasteiger partial charge < -0.3 is 9.80 Å². The molecule has 1 aromatic rings. The van der Waals surface area contributed by atoms with Crippen LogP contribution in [0.5, 0.6) is 0 Å². The van der Waals surface area contributed by atoms with E-state index in [1.165, 1.54) is 12.1 Å². The van der Waals surface area contributed by atoms with Crippen LogP contribution in [0.25, 0.3) is 0 Å². The molecule has 0 saturated carbocycles. The van der Waals surface area contributed by atoms with E-state index in [1.54, 1.807) is 11.9 Å². The Balaban J connectivity index is 2.94. The predicted octanol–water partition coefficient (Wildman–Crippen LogP) is 1.73. The summed E-state index contributed by atoms with van der Waals surface area (Å²) in [5, 5.41) is 10.8. The summed E-state index contributed by atoms with van der Waals surface area (Å²) in [6.07, 6.45) is 0. The maximum atomic E-state index is 13.1. The topological polar surface area (TPSA) is 49.6 Å². The van der Waals surface area contributed by atoms with Crippen LogP contribution >= 0.6 is 0 Å². The monoisotopic (exact) mass is 241 g/mol. The third kappa shape index (κ3) is 3.67. The van der Waals surface area contributed by atoms with Crippen LogP contribution in [-0.4, -0.2) is 44.1 Å². The minimum atomic E-state index is -0.499. The highest BCUT2D eigenvalue weighted by Gasteiger charge is 2.17. The largest absolute Gasteiger partial charge is 0.368 e. The summed E-state index contributed by atoms with van der Waals surface area (Å²) in [6.45, 7) is 1.33. The second-order valence-electron chi connectivity index (χ2n) is 4.11. The SMILES string of the molecule is CN(C)CCN(C)c1cc(F)ccc1[N+](=O)[O-]. The summed E-state index contributed by atoms with van der Waals surface area (Å²) in [4.78, 5) is 14.0. The lowest BCUT2D eigenvalue weighted by atomic mass is 10.2. The fraction of sp³-hybridized carbons (Fsp3) is 0.455. The van der Waals surface area contributed by atoms with Gasteiger partial charge in [-0.25, -0.2) is 4.39 Å². The minimum absolute atomic E-state index is 0.0762. The number of likely N-dealkylation sites (N-methyl/N-ethyl adjacent to an activating group) is 2. The summed E-state index contributed by atoms with van der Waals surface area (Å²) < 4.78 is 13.1. The van der Waals surface area contributed by atoms with E-state index >= 15 is 0 Å². The first kappa shape index (κ1) is 13.4. The zero-order valence-electron chi connectivity index (χ0n) is 10.2. The molecular weight excluding hydrogens is 225 g/mol. The first-order valence-electron chi connectivity index (χ1n) is 5.21. The number of hydrogen-bond donors (Lipinski definition) is 0. The van der Waals surface area contributed by atoms with Gasteiger partial charge in [0, 0.05) is 32.3 Å². The molecule has 1 rings (SSSR count). The molecule has 94 valence electrons. The Kier molecular flexibility index (Phi) is 4.39. The Hall–Kier alpha value is -1.69. The number of halogens is 1. The van der Waals surface area contributed by atoms with Crippen molar-refractivity contribution in [2.75, 3.05) is 39.1 Å². The van der Waals surface area contributed by atoms with E-state index in [4.69, 9.17) is 0 Å². The van der Waals surface area contributed by atoms with Gasteiger partial charge in [0.2, 0.25) is 0 Å². The minimum Gasteiger partial charge on any atom is -0.368 e. The van der Waals surface area contributed by atoms with Crippen molar-refractivity contribution in [1.82, 2.24) is 4.90 Å². The lowest BCUT2D eigenvalue weighted by Gasteiger charge is -2.21. The van der Waals surface area contributed by atoms with Crippen molar-refractivity contribution < 1.29 is 9.31 Å². The first-order chi connectivity index (χ1) is 7.91. The Morgan fingerprint density at radius 2 is 1.94 bits per heavy atom. The van der Waals surface area contributed by atoms with E-state index in [0.717, 1.165) is 12.6 Å². The average Bonchev–Trinajstić information content (AvgIpc) is 2.25. The lowest BCUT2D eigenvalue weighted by molar-refractivity contribution is -0.384.